The van der Waals surface area contributed by atoms with E-state index in [9.17, 15) is 5.11 Å². The average Bonchev–Trinajstić information content (AvgIpc) is 3.17. The molecule has 0 radical (unpaired) electrons. The lowest BCUT2D eigenvalue weighted by Crippen LogP contribution is -2.25. The smallest absolute Gasteiger partial charge is 0.0924 e. The molecule has 21 heavy (non-hydrogen) atoms. The van der Waals surface area contributed by atoms with Gasteiger partial charge in [0, 0.05) is 41.9 Å². The van der Waals surface area contributed by atoms with Gasteiger partial charge in [-0.15, -0.1) is 5.10 Å². The molecule has 2 heterocycles. The Morgan fingerprint density at radius 2 is 2.14 bits per heavy atom. The molecule has 1 unspecified atom stereocenters. The summed E-state index contributed by atoms with van der Waals surface area (Å²) in [6.45, 7) is 4.15. The van der Waals surface area contributed by atoms with Gasteiger partial charge in [-0.3, -0.25) is 4.90 Å². The standard InChI is InChI=1S/C15H18ClN3OS/c1-10(15-9-21-18-17-15)19-6-12(8-20)14(7-19)11-2-4-13(16)5-3-11/h2-5,9-10,12,14,20H,6-8H2,1H3/t10?,12-,14-/m0/s1. The first kappa shape index (κ1) is 14.9. The molecular weight excluding hydrogens is 306 g/mol. The normalized spacial score (nSPS) is 24.3. The van der Waals surface area contributed by atoms with Crippen molar-refractivity contribution in [1.29, 1.82) is 0 Å². The third kappa shape index (κ3) is 3.11. The van der Waals surface area contributed by atoms with Crippen molar-refractivity contribution in [2.45, 2.75) is 18.9 Å². The number of hydrogen-bond acceptors (Lipinski definition) is 5. The molecule has 0 spiro atoms. The topological polar surface area (TPSA) is 49.2 Å². The molecule has 1 N–H and O–H groups in total. The van der Waals surface area contributed by atoms with Crippen LogP contribution in [0.4, 0.5) is 0 Å². The number of aliphatic hydroxyl groups is 1. The van der Waals surface area contributed by atoms with E-state index in [-0.39, 0.29) is 18.6 Å². The van der Waals surface area contributed by atoms with Gasteiger partial charge in [-0.25, -0.2) is 0 Å². The van der Waals surface area contributed by atoms with E-state index in [1.807, 2.05) is 17.5 Å². The van der Waals surface area contributed by atoms with Crippen LogP contribution in [0.2, 0.25) is 5.02 Å². The molecule has 0 saturated carbocycles. The zero-order valence-electron chi connectivity index (χ0n) is 11.8. The third-order valence-corrected chi connectivity index (χ3v) is 5.13. The zero-order valence-corrected chi connectivity index (χ0v) is 13.4. The third-order valence-electron chi connectivity index (χ3n) is 4.35. The molecule has 0 bridgehead atoms. The largest absolute Gasteiger partial charge is 0.396 e. The maximum absolute atomic E-state index is 9.70. The van der Waals surface area contributed by atoms with Crippen molar-refractivity contribution in [1.82, 2.24) is 14.5 Å². The van der Waals surface area contributed by atoms with Crippen molar-refractivity contribution < 1.29 is 5.11 Å². The molecule has 4 nitrogen and oxygen atoms in total. The van der Waals surface area contributed by atoms with E-state index < -0.39 is 0 Å². The molecule has 1 aliphatic heterocycles. The van der Waals surface area contributed by atoms with Crippen LogP contribution < -0.4 is 0 Å². The monoisotopic (exact) mass is 323 g/mol. The minimum absolute atomic E-state index is 0.200. The average molecular weight is 324 g/mol. The summed E-state index contributed by atoms with van der Waals surface area (Å²) in [5.41, 5.74) is 2.25. The molecule has 1 saturated heterocycles. The van der Waals surface area contributed by atoms with Gasteiger partial charge in [-0.1, -0.05) is 28.2 Å². The van der Waals surface area contributed by atoms with Gasteiger partial charge in [0.05, 0.1) is 11.7 Å². The van der Waals surface area contributed by atoms with Gasteiger partial charge >= 0.3 is 0 Å². The summed E-state index contributed by atoms with van der Waals surface area (Å²) in [4.78, 5) is 2.37. The van der Waals surface area contributed by atoms with Gasteiger partial charge in [0.25, 0.3) is 0 Å². The van der Waals surface area contributed by atoms with E-state index in [0.717, 1.165) is 23.8 Å². The van der Waals surface area contributed by atoms with Gasteiger partial charge in [0.2, 0.25) is 0 Å². The van der Waals surface area contributed by atoms with Crippen molar-refractivity contribution in [2.24, 2.45) is 5.92 Å². The molecule has 1 aromatic heterocycles. The zero-order chi connectivity index (χ0) is 14.8. The number of rotatable bonds is 4. The first-order chi connectivity index (χ1) is 10.2. The van der Waals surface area contributed by atoms with E-state index in [2.05, 4.69) is 33.5 Å². The van der Waals surface area contributed by atoms with E-state index in [1.54, 1.807) is 0 Å². The van der Waals surface area contributed by atoms with Gasteiger partial charge in [-0.05, 0) is 36.2 Å². The second-order valence-electron chi connectivity index (χ2n) is 5.56. The highest BCUT2D eigenvalue weighted by atomic mass is 35.5. The molecule has 1 aromatic carbocycles. The molecule has 3 atom stereocenters. The number of hydrogen-bond donors (Lipinski definition) is 1. The molecule has 3 rings (SSSR count). The van der Waals surface area contributed by atoms with Gasteiger partial charge in [-0.2, -0.15) is 0 Å². The number of benzene rings is 1. The highest BCUT2D eigenvalue weighted by molar-refractivity contribution is 7.03. The molecule has 2 aromatic rings. The maximum Gasteiger partial charge on any atom is 0.0924 e. The van der Waals surface area contributed by atoms with Gasteiger partial charge in [0.15, 0.2) is 0 Å². The minimum atomic E-state index is 0.200. The van der Waals surface area contributed by atoms with Crippen molar-refractivity contribution in [3.05, 3.63) is 45.9 Å². The molecular formula is C15H18ClN3OS. The first-order valence-corrected chi connectivity index (χ1v) is 8.28. The number of halogens is 1. The minimum Gasteiger partial charge on any atom is -0.396 e. The summed E-state index contributed by atoms with van der Waals surface area (Å²) < 4.78 is 3.94. The van der Waals surface area contributed by atoms with Crippen molar-refractivity contribution in [3.63, 3.8) is 0 Å². The number of aliphatic hydroxyl groups excluding tert-OH is 1. The van der Waals surface area contributed by atoms with Crippen LogP contribution >= 0.6 is 23.1 Å². The van der Waals surface area contributed by atoms with Crippen LogP contribution in [0.5, 0.6) is 0 Å². The molecule has 0 aliphatic carbocycles. The van der Waals surface area contributed by atoms with Gasteiger partial charge in [0.1, 0.15) is 0 Å². The Labute approximate surface area is 133 Å². The van der Waals surface area contributed by atoms with Gasteiger partial charge < -0.3 is 5.11 Å². The first-order valence-electron chi connectivity index (χ1n) is 7.06. The second kappa shape index (κ2) is 6.40. The summed E-state index contributed by atoms with van der Waals surface area (Å²) in [5, 5.41) is 16.6. The molecule has 1 aliphatic rings. The molecule has 1 fully saturated rings. The van der Waals surface area contributed by atoms with Crippen LogP contribution in [0, 0.1) is 5.92 Å². The fourth-order valence-corrected chi connectivity index (χ4v) is 3.70. The lowest BCUT2D eigenvalue weighted by Gasteiger charge is -2.22. The molecule has 6 heteroatoms. The lowest BCUT2D eigenvalue weighted by molar-refractivity contribution is 0.200. The quantitative estimate of drug-likeness (QED) is 0.939. The van der Waals surface area contributed by atoms with E-state index in [1.165, 1.54) is 17.1 Å². The summed E-state index contributed by atoms with van der Waals surface area (Å²) >= 11 is 7.34. The number of likely N-dealkylation sites (tertiary alicyclic amines) is 1. The summed E-state index contributed by atoms with van der Waals surface area (Å²) in [6.07, 6.45) is 0. The van der Waals surface area contributed by atoms with Crippen LogP contribution in [0.1, 0.15) is 30.1 Å². The van der Waals surface area contributed by atoms with Crippen LogP contribution in [0.25, 0.3) is 0 Å². The van der Waals surface area contributed by atoms with Crippen LogP contribution in [-0.2, 0) is 0 Å². The van der Waals surface area contributed by atoms with Crippen molar-refractivity contribution >= 4 is 23.1 Å². The lowest BCUT2D eigenvalue weighted by atomic mass is 9.90. The summed E-state index contributed by atoms with van der Waals surface area (Å²) in [7, 11) is 0. The van der Waals surface area contributed by atoms with Crippen molar-refractivity contribution in [2.75, 3.05) is 19.7 Å². The SMILES string of the molecule is CC(c1csnn1)N1C[C@@H](CO)[C@H](c2ccc(Cl)cc2)C1. The Hall–Kier alpha value is -1.01. The highest BCUT2D eigenvalue weighted by Gasteiger charge is 2.36. The van der Waals surface area contributed by atoms with Crippen molar-refractivity contribution in [3.8, 4) is 0 Å². The Morgan fingerprint density at radius 1 is 1.38 bits per heavy atom. The summed E-state index contributed by atoms with van der Waals surface area (Å²) in [5.74, 6) is 0.585. The van der Waals surface area contributed by atoms with E-state index in [0.29, 0.717) is 5.92 Å². The van der Waals surface area contributed by atoms with E-state index in [4.69, 9.17) is 11.6 Å². The fraction of sp³-hybridized carbons (Fsp3) is 0.467. The van der Waals surface area contributed by atoms with Crippen LogP contribution in [0.3, 0.4) is 0 Å². The second-order valence-corrected chi connectivity index (χ2v) is 6.61. The maximum atomic E-state index is 9.70. The van der Waals surface area contributed by atoms with Crippen LogP contribution in [-0.4, -0.2) is 39.3 Å². The van der Waals surface area contributed by atoms with E-state index >= 15 is 0 Å². The van der Waals surface area contributed by atoms with Crippen LogP contribution in [0.15, 0.2) is 29.6 Å². The fourth-order valence-electron chi connectivity index (χ4n) is 3.03. The summed E-state index contributed by atoms with van der Waals surface area (Å²) in [6, 6.07) is 8.20. The number of aromatic nitrogens is 2. The molecule has 0 amide bonds. The highest BCUT2D eigenvalue weighted by Crippen LogP contribution is 2.36. The Bertz CT molecular complexity index is 575. The predicted molar refractivity (Wildman–Crippen MR) is 84.7 cm³/mol. The number of nitrogens with zero attached hydrogens (tertiary/aromatic N) is 3. The predicted octanol–water partition coefficient (Wildman–Crippen LogP) is 2.96. The Morgan fingerprint density at radius 3 is 2.76 bits per heavy atom. The molecule has 112 valence electrons. The Balaban J connectivity index is 1.78. The Kier molecular flexibility index (Phi) is 4.54.